The molecule has 12 heavy (non-hydrogen) atoms. The second-order valence-electron chi connectivity index (χ2n) is 2.34. The molecular formula is C8H10N2O2. The zero-order chi connectivity index (χ0) is 8.97. The first-order chi connectivity index (χ1) is 5.74. The molecule has 0 aromatic carbocycles. The van der Waals surface area contributed by atoms with E-state index in [1.165, 1.54) is 6.92 Å². The van der Waals surface area contributed by atoms with Crippen LogP contribution in [0.25, 0.3) is 0 Å². The minimum Gasteiger partial charge on any atom is -0.390 e. The number of carbonyl (C=O) groups excluding carboxylic acids is 1. The van der Waals surface area contributed by atoms with Crippen LogP contribution in [0.15, 0.2) is 18.3 Å². The summed E-state index contributed by atoms with van der Waals surface area (Å²) in [4.78, 5) is 14.5. The second-order valence-corrected chi connectivity index (χ2v) is 2.34. The second kappa shape index (κ2) is 3.82. The number of aliphatic hydroxyl groups is 1. The summed E-state index contributed by atoms with van der Waals surface area (Å²) >= 11 is 0. The Balaban J connectivity index is 2.89. The number of aliphatic hydroxyl groups excluding tert-OH is 1. The predicted molar refractivity (Wildman–Crippen MR) is 44.5 cm³/mol. The molecule has 4 heteroatoms. The van der Waals surface area contributed by atoms with E-state index < -0.39 is 0 Å². The van der Waals surface area contributed by atoms with E-state index in [2.05, 4.69) is 10.3 Å². The molecule has 0 atom stereocenters. The highest BCUT2D eigenvalue weighted by Crippen LogP contribution is 2.10. The Bertz CT molecular complexity index is 286. The Hall–Kier alpha value is -1.42. The molecule has 1 amide bonds. The maximum absolute atomic E-state index is 10.7. The molecule has 0 fully saturated rings. The highest BCUT2D eigenvalue weighted by molar-refractivity contribution is 5.89. The van der Waals surface area contributed by atoms with Crippen molar-refractivity contribution in [2.75, 3.05) is 5.32 Å². The number of nitrogens with zero attached hydrogens (tertiary/aromatic N) is 1. The van der Waals surface area contributed by atoms with E-state index in [-0.39, 0.29) is 12.5 Å². The molecule has 64 valence electrons. The standard InChI is InChI=1S/C8H10N2O2/c1-6(12)10-7-3-2-4-9-8(7)5-11/h2-4,11H,5H2,1H3,(H,10,12). The molecular weight excluding hydrogens is 156 g/mol. The molecule has 0 saturated carbocycles. The monoisotopic (exact) mass is 166 g/mol. The van der Waals surface area contributed by atoms with Gasteiger partial charge in [-0.3, -0.25) is 9.78 Å². The average Bonchev–Trinajstić information content (AvgIpc) is 2.04. The van der Waals surface area contributed by atoms with Gasteiger partial charge in [-0.05, 0) is 12.1 Å². The molecule has 0 bridgehead atoms. The van der Waals surface area contributed by atoms with Crippen LogP contribution in [-0.4, -0.2) is 16.0 Å². The first-order valence-electron chi connectivity index (χ1n) is 3.56. The van der Waals surface area contributed by atoms with Crippen LogP contribution in [0.2, 0.25) is 0 Å². The van der Waals surface area contributed by atoms with Gasteiger partial charge in [-0.1, -0.05) is 0 Å². The maximum atomic E-state index is 10.7. The third kappa shape index (κ3) is 2.03. The fourth-order valence-corrected chi connectivity index (χ4v) is 0.867. The van der Waals surface area contributed by atoms with E-state index in [9.17, 15) is 4.79 Å². The number of rotatable bonds is 2. The van der Waals surface area contributed by atoms with Crippen LogP contribution in [0.5, 0.6) is 0 Å². The van der Waals surface area contributed by atoms with Crippen LogP contribution >= 0.6 is 0 Å². The minimum atomic E-state index is -0.170. The van der Waals surface area contributed by atoms with Gasteiger partial charge in [-0.15, -0.1) is 0 Å². The van der Waals surface area contributed by atoms with Crippen LogP contribution in [0.1, 0.15) is 12.6 Å². The third-order valence-electron chi connectivity index (χ3n) is 1.35. The molecule has 0 aliphatic rings. The topological polar surface area (TPSA) is 62.2 Å². The fourth-order valence-electron chi connectivity index (χ4n) is 0.867. The maximum Gasteiger partial charge on any atom is 0.221 e. The van der Waals surface area contributed by atoms with E-state index >= 15 is 0 Å². The summed E-state index contributed by atoms with van der Waals surface area (Å²) < 4.78 is 0. The molecule has 1 aromatic rings. The molecule has 1 aromatic heterocycles. The van der Waals surface area contributed by atoms with Crippen LogP contribution in [-0.2, 0) is 11.4 Å². The van der Waals surface area contributed by atoms with E-state index in [1.807, 2.05) is 0 Å². The molecule has 0 spiro atoms. The molecule has 0 radical (unpaired) electrons. The lowest BCUT2D eigenvalue weighted by molar-refractivity contribution is -0.114. The summed E-state index contributed by atoms with van der Waals surface area (Å²) in [6.45, 7) is 1.24. The fraction of sp³-hybridized carbons (Fsp3) is 0.250. The van der Waals surface area contributed by atoms with Crippen molar-refractivity contribution in [1.82, 2.24) is 4.98 Å². The number of amides is 1. The SMILES string of the molecule is CC(=O)Nc1cccnc1CO. The summed E-state index contributed by atoms with van der Waals surface area (Å²) in [7, 11) is 0. The predicted octanol–water partition coefficient (Wildman–Crippen LogP) is 0.532. The molecule has 0 aliphatic carbocycles. The number of hydrogen-bond donors (Lipinski definition) is 2. The summed E-state index contributed by atoms with van der Waals surface area (Å²) in [5.41, 5.74) is 1.04. The van der Waals surface area contributed by atoms with E-state index in [0.29, 0.717) is 11.4 Å². The highest BCUT2D eigenvalue weighted by atomic mass is 16.3. The summed E-state index contributed by atoms with van der Waals surface area (Å²) in [5, 5.41) is 11.4. The number of carbonyl (C=O) groups is 1. The van der Waals surface area contributed by atoms with Gasteiger partial charge in [0.25, 0.3) is 0 Å². The zero-order valence-corrected chi connectivity index (χ0v) is 6.74. The normalized spacial score (nSPS) is 9.50. The molecule has 0 aliphatic heterocycles. The molecule has 2 N–H and O–H groups in total. The third-order valence-corrected chi connectivity index (χ3v) is 1.35. The Morgan fingerprint density at radius 3 is 3.08 bits per heavy atom. The summed E-state index contributed by atoms with van der Waals surface area (Å²) in [5.74, 6) is -0.169. The Labute approximate surface area is 70.3 Å². The van der Waals surface area contributed by atoms with Crippen molar-refractivity contribution >= 4 is 11.6 Å². The molecule has 4 nitrogen and oxygen atoms in total. The first kappa shape index (κ1) is 8.67. The van der Waals surface area contributed by atoms with Gasteiger partial charge in [0.05, 0.1) is 18.0 Å². The van der Waals surface area contributed by atoms with Crippen molar-refractivity contribution < 1.29 is 9.90 Å². The Morgan fingerprint density at radius 2 is 2.50 bits per heavy atom. The van der Waals surface area contributed by atoms with Crippen LogP contribution < -0.4 is 5.32 Å². The van der Waals surface area contributed by atoms with Crippen LogP contribution in [0.4, 0.5) is 5.69 Å². The number of nitrogens with one attached hydrogen (secondary N) is 1. The summed E-state index contributed by atoms with van der Waals surface area (Å²) in [6, 6.07) is 3.39. The van der Waals surface area contributed by atoms with Crippen molar-refractivity contribution in [3.8, 4) is 0 Å². The highest BCUT2D eigenvalue weighted by Gasteiger charge is 2.01. The number of anilines is 1. The van der Waals surface area contributed by atoms with Gasteiger partial charge in [-0.2, -0.15) is 0 Å². The van der Waals surface area contributed by atoms with E-state index in [1.54, 1.807) is 18.3 Å². The van der Waals surface area contributed by atoms with E-state index in [0.717, 1.165) is 0 Å². The molecule has 1 heterocycles. The average molecular weight is 166 g/mol. The largest absolute Gasteiger partial charge is 0.390 e. The van der Waals surface area contributed by atoms with Gasteiger partial charge in [0.1, 0.15) is 0 Å². The van der Waals surface area contributed by atoms with Crippen molar-refractivity contribution in [1.29, 1.82) is 0 Å². The molecule has 0 saturated heterocycles. The van der Waals surface area contributed by atoms with Gasteiger partial charge in [0.15, 0.2) is 0 Å². The van der Waals surface area contributed by atoms with Gasteiger partial charge in [0.2, 0.25) is 5.91 Å². The van der Waals surface area contributed by atoms with E-state index in [4.69, 9.17) is 5.11 Å². The first-order valence-corrected chi connectivity index (χ1v) is 3.56. The lowest BCUT2D eigenvalue weighted by atomic mass is 10.3. The Morgan fingerprint density at radius 1 is 1.75 bits per heavy atom. The van der Waals surface area contributed by atoms with Crippen molar-refractivity contribution in [2.45, 2.75) is 13.5 Å². The summed E-state index contributed by atoms with van der Waals surface area (Å²) in [6.07, 6.45) is 1.57. The quantitative estimate of drug-likeness (QED) is 0.673. The van der Waals surface area contributed by atoms with Crippen molar-refractivity contribution in [3.63, 3.8) is 0 Å². The molecule has 1 rings (SSSR count). The smallest absolute Gasteiger partial charge is 0.221 e. The van der Waals surface area contributed by atoms with Crippen molar-refractivity contribution in [2.24, 2.45) is 0 Å². The lowest BCUT2D eigenvalue weighted by Crippen LogP contribution is -2.08. The van der Waals surface area contributed by atoms with Gasteiger partial charge in [0, 0.05) is 13.1 Å². The minimum absolute atomic E-state index is 0.169. The Kier molecular flexibility index (Phi) is 2.76. The van der Waals surface area contributed by atoms with Gasteiger partial charge in [-0.25, -0.2) is 0 Å². The van der Waals surface area contributed by atoms with Crippen LogP contribution in [0, 0.1) is 0 Å². The number of hydrogen-bond acceptors (Lipinski definition) is 3. The zero-order valence-electron chi connectivity index (χ0n) is 6.74. The molecule has 0 unspecified atom stereocenters. The van der Waals surface area contributed by atoms with Crippen LogP contribution in [0.3, 0.4) is 0 Å². The number of aromatic nitrogens is 1. The van der Waals surface area contributed by atoms with Crippen molar-refractivity contribution in [3.05, 3.63) is 24.0 Å². The lowest BCUT2D eigenvalue weighted by Gasteiger charge is -2.04. The number of pyridine rings is 1. The van der Waals surface area contributed by atoms with Gasteiger partial charge < -0.3 is 10.4 Å². The van der Waals surface area contributed by atoms with Gasteiger partial charge >= 0.3 is 0 Å².